The molecule has 3 nitrogen and oxygen atoms in total. The number of likely N-dealkylation sites (tertiary alicyclic amines) is 1. The second kappa shape index (κ2) is 8.18. The largest absolute Gasteiger partial charge is 0.466 e. The maximum atomic E-state index is 12.0. The Morgan fingerprint density at radius 1 is 1.19 bits per heavy atom. The van der Waals surface area contributed by atoms with E-state index in [2.05, 4.69) is 36.1 Å². The number of esters is 1. The quantitative estimate of drug-likeness (QED) is 0.747. The summed E-state index contributed by atoms with van der Waals surface area (Å²) in [6.07, 6.45) is 5.23. The average Bonchev–Trinajstić information content (AvgIpc) is 2.54. The summed E-state index contributed by atoms with van der Waals surface area (Å²) in [5.74, 6) is -0.0843. The zero-order valence-corrected chi connectivity index (χ0v) is 13.3. The molecule has 0 N–H and O–H groups in total. The molecule has 1 aliphatic rings. The first-order valence-corrected chi connectivity index (χ1v) is 8.23. The van der Waals surface area contributed by atoms with E-state index in [0.717, 1.165) is 19.5 Å². The number of carbonyl (C=O) groups excluding carboxylic acids is 1. The van der Waals surface area contributed by atoms with Gasteiger partial charge >= 0.3 is 5.97 Å². The Bertz CT molecular complexity index is 452. The number of nitrogens with zero attached hydrogens (tertiary/aromatic N) is 1. The normalized spacial score (nSPS) is 17.4. The van der Waals surface area contributed by atoms with Crippen molar-refractivity contribution in [1.82, 2.24) is 4.90 Å². The summed E-state index contributed by atoms with van der Waals surface area (Å²) >= 11 is 0. The molecule has 3 heteroatoms. The van der Waals surface area contributed by atoms with Crippen molar-refractivity contribution in [2.75, 3.05) is 19.7 Å². The molecule has 1 heterocycles. The molecule has 0 spiro atoms. The van der Waals surface area contributed by atoms with E-state index in [4.69, 9.17) is 4.74 Å². The highest BCUT2D eigenvalue weighted by atomic mass is 16.5. The third kappa shape index (κ3) is 4.31. The fraction of sp³-hybridized carbons (Fsp3) is 0.611. The lowest BCUT2D eigenvalue weighted by molar-refractivity contribution is -0.144. The van der Waals surface area contributed by atoms with Crippen molar-refractivity contribution in [3.63, 3.8) is 0 Å². The molecular formula is C18H27NO2. The van der Waals surface area contributed by atoms with Crippen LogP contribution in [0.3, 0.4) is 0 Å². The van der Waals surface area contributed by atoms with Crippen LogP contribution in [0.2, 0.25) is 0 Å². The number of aryl methyl sites for hydroxylation is 1. The molecule has 0 aliphatic carbocycles. The van der Waals surface area contributed by atoms with Gasteiger partial charge in [0.2, 0.25) is 0 Å². The van der Waals surface area contributed by atoms with Gasteiger partial charge < -0.3 is 4.74 Å². The molecule has 0 bridgehead atoms. The summed E-state index contributed by atoms with van der Waals surface area (Å²) in [5, 5.41) is 0. The maximum Gasteiger partial charge on any atom is 0.307 e. The van der Waals surface area contributed by atoms with Crippen molar-refractivity contribution >= 4 is 5.97 Å². The number of carbonyl (C=O) groups is 1. The Hall–Kier alpha value is -1.35. The Morgan fingerprint density at radius 2 is 1.90 bits per heavy atom. The molecule has 1 aromatic carbocycles. The molecule has 1 aromatic rings. The lowest BCUT2D eigenvalue weighted by Gasteiger charge is -2.35. The van der Waals surface area contributed by atoms with Gasteiger partial charge in [0.15, 0.2) is 0 Å². The van der Waals surface area contributed by atoms with Crippen LogP contribution in [-0.4, -0.2) is 30.6 Å². The lowest BCUT2D eigenvalue weighted by Crippen LogP contribution is -2.35. The van der Waals surface area contributed by atoms with E-state index in [1.165, 1.54) is 30.4 Å². The summed E-state index contributed by atoms with van der Waals surface area (Å²) < 4.78 is 5.19. The molecule has 0 radical (unpaired) electrons. The minimum atomic E-state index is -0.0843. The minimum absolute atomic E-state index is 0.0843. The average molecular weight is 289 g/mol. The number of benzene rings is 1. The van der Waals surface area contributed by atoms with Gasteiger partial charge in [-0.2, -0.15) is 0 Å². The van der Waals surface area contributed by atoms with E-state index in [1.807, 2.05) is 6.92 Å². The monoisotopic (exact) mass is 289 g/mol. The summed E-state index contributed by atoms with van der Waals surface area (Å²) in [4.78, 5) is 14.5. The second-order valence-corrected chi connectivity index (χ2v) is 5.67. The van der Waals surface area contributed by atoms with Crippen LogP contribution >= 0.6 is 0 Å². The van der Waals surface area contributed by atoms with Gasteiger partial charge in [0, 0.05) is 6.04 Å². The fourth-order valence-corrected chi connectivity index (χ4v) is 3.22. The number of rotatable bonds is 6. The van der Waals surface area contributed by atoms with E-state index in [0.29, 0.717) is 13.0 Å². The van der Waals surface area contributed by atoms with E-state index in [9.17, 15) is 4.79 Å². The number of ether oxygens (including phenoxy) is 1. The Kier molecular flexibility index (Phi) is 6.24. The first kappa shape index (κ1) is 16.0. The smallest absolute Gasteiger partial charge is 0.307 e. The molecule has 0 aromatic heterocycles. The standard InChI is InChI=1S/C18H27NO2/c1-3-15-10-6-7-11-16(15)17(14-18(20)21-4-2)19-12-8-5-9-13-19/h6-7,10-11,17H,3-5,8-9,12-14H2,1-2H3. The van der Waals surface area contributed by atoms with Crippen molar-refractivity contribution in [3.05, 3.63) is 35.4 Å². The highest BCUT2D eigenvalue weighted by Crippen LogP contribution is 2.30. The first-order valence-electron chi connectivity index (χ1n) is 8.23. The van der Waals surface area contributed by atoms with Gasteiger partial charge in [-0.25, -0.2) is 0 Å². The van der Waals surface area contributed by atoms with Crippen LogP contribution < -0.4 is 0 Å². The zero-order chi connectivity index (χ0) is 15.1. The van der Waals surface area contributed by atoms with Crippen LogP contribution in [0.4, 0.5) is 0 Å². The summed E-state index contributed by atoms with van der Waals surface area (Å²) in [6.45, 7) is 6.68. The maximum absolute atomic E-state index is 12.0. The Labute approximate surface area is 128 Å². The highest BCUT2D eigenvalue weighted by Gasteiger charge is 2.26. The van der Waals surface area contributed by atoms with Gasteiger partial charge in [-0.3, -0.25) is 9.69 Å². The number of hydrogen-bond donors (Lipinski definition) is 0. The predicted molar refractivity (Wildman–Crippen MR) is 85.2 cm³/mol. The van der Waals surface area contributed by atoms with E-state index < -0.39 is 0 Å². The van der Waals surface area contributed by atoms with Crippen LogP contribution in [-0.2, 0) is 16.0 Å². The predicted octanol–water partition coefficient (Wildman–Crippen LogP) is 3.73. The molecule has 1 aliphatic heterocycles. The minimum Gasteiger partial charge on any atom is -0.466 e. The molecule has 2 rings (SSSR count). The van der Waals surface area contributed by atoms with E-state index in [1.54, 1.807) is 0 Å². The fourth-order valence-electron chi connectivity index (χ4n) is 3.22. The zero-order valence-electron chi connectivity index (χ0n) is 13.3. The van der Waals surface area contributed by atoms with Crippen molar-refractivity contribution < 1.29 is 9.53 Å². The van der Waals surface area contributed by atoms with Gasteiger partial charge in [-0.15, -0.1) is 0 Å². The Balaban J connectivity index is 2.23. The SMILES string of the molecule is CCOC(=O)CC(c1ccccc1CC)N1CCCCC1. The molecule has 116 valence electrons. The van der Waals surface area contributed by atoms with Crippen molar-refractivity contribution in [3.8, 4) is 0 Å². The van der Waals surface area contributed by atoms with E-state index in [-0.39, 0.29) is 12.0 Å². The van der Waals surface area contributed by atoms with E-state index >= 15 is 0 Å². The lowest BCUT2D eigenvalue weighted by atomic mass is 9.93. The van der Waals surface area contributed by atoms with Crippen LogP contribution in [0.25, 0.3) is 0 Å². The molecule has 1 atom stereocenters. The molecule has 0 amide bonds. The molecule has 1 saturated heterocycles. The van der Waals surface area contributed by atoms with Crippen molar-refractivity contribution in [2.24, 2.45) is 0 Å². The Morgan fingerprint density at radius 3 is 2.57 bits per heavy atom. The van der Waals surface area contributed by atoms with Gasteiger partial charge in [0.1, 0.15) is 0 Å². The van der Waals surface area contributed by atoms with Gasteiger partial charge in [-0.05, 0) is 50.4 Å². The molecule has 1 unspecified atom stereocenters. The first-order chi connectivity index (χ1) is 10.3. The summed E-state index contributed by atoms with van der Waals surface area (Å²) in [7, 11) is 0. The van der Waals surface area contributed by atoms with Crippen LogP contribution in [0.5, 0.6) is 0 Å². The number of hydrogen-bond acceptors (Lipinski definition) is 3. The van der Waals surface area contributed by atoms with Crippen LogP contribution in [0.15, 0.2) is 24.3 Å². The highest BCUT2D eigenvalue weighted by molar-refractivity contribution is 5.70. The third-order valence-electron chi connectivity index (χ3n) is 4.29. The van der Waals surface area contributed by atoms with Gasteiger partial charge in [-0.1, -0.05) is 37.6 Å². The summed E-state index contributed by atoms with van der Waals surface area (Å²) in [5.41, 5.74) is 2.65. The molecule has 21 heavy (non-hydrogen) atoms. The molecular weight excluding hydrogens is 262 g/mol. The second-order valence-electron chi connectivity index (χ2n) is 5.67. The molecule has 0 saturated carbocycles. The van der Waals surface area contributed by atoms with Crippen molar-refractivity contribution in [2.45, 2.75) is 52.0 Å². The van der Waals surface area contributed by atoms with Crippen LogP contribution in [0.1, 0.15) is 56.7 Å². The van der Waals surface area contributed by atoms with Gasteiger partial charge in [0.05, 0.1) is 13.0 Å². The topological polar surface area (TPSA) is 29.5 Å². The van der Waals surface area contributed by atoms with Crippen molar-refractivity contribution in [1.29, 1.82) is 0 Å². The van der Waals surface area contributed by atoms with Gasteiger partial charge in [0.25, 0.3) is 0 Å². The number of piperidine rings is 1. The molecule has 1 fully saturated rings. The summed E-state index contributed by atoms with van der Waals surface area (Å²) in [6, 6.07) is 8.69. The van der Waals surface area contributed by atoms with Crippen LogP contribution in [0, 0.1) is 0 Å². The third-order valence-corrected chi connectivity index (χ3v) is 4.29.